The minimum atomic E-state index is 0.119. The Morgan fingerprint density at radius 2 is 2.06 bits per heavy atom. The summed E-state index contributed by atoms with van der Waals surface area (Å²) in [5.41, 5.74) is 0. The molecule has 100 valence electrons. The van der Waals surface area contributed by atoms with Gasteiger partial charge in [0, 0.05) is 18.4 Å². The highest BCUT2D eigenvalue weighted by Gasteiger charge is 2.27. The highest BCUT2D eigenvalue weighted by atomic mass is 16.5. The van der Waals surface area contributed by atoms with Gasteiger partial charge in [0.2, 0.25) is 0 Å². The maximum atomic E-state index is 9.14. The van der Waals surface area contributed by atoms with E-state index in [1.165, 1.54) is 25.7 Å². The standard InChI is InChI=1S/C13H21N3O2/c17-7-6-16-13(11-5-8-18-9-11)14-12(15-16)10-3-1-2-4-10/h10-11,17H,1-9H2/t11-/m1/s1. The summed E-state index contributed by atoms with van der Waals surface area (Å²) in [5.74, 6) is 2.90. The Labute approximate surface area is 107 Å². The molecule has 3 rings (SSSR count). The zero-order valence-corrected chi connectivity index (χ0v) is 10.7. The first kappa shape index (κ1) is 12.1. The Bertz CT molecular complexity index is 393. The lowest BCUT2D eigenvalue weighted by Crippen LogP contribution is -2.12. The zero-order chi connectivity index (χ0) is 12.4. The first-order valence-corrected chi connectivity index (χ1v) is 7.01. The molecule has 18 heavy (non-hydrogen) atoms. The van der Waals surface area contributed by atoms with Crippen molar-refractivity contribution in [2.24, 2.45) is 0 Å². The number of aromatic nitrogens is 3. The molecule has 0 radical (unpaired) electrons. The van der Waals surface area contributed by atoms with E-state index in [0.717, 1.165) is 31.3 Å². The van der Waals surface area contributed by atoms with Crippen molar-refractivity contribution in [1.82, 2.24) is 14.8 Å². The first-order valence-electron chi connectivity index (χ1n) is 7.01. The van der Waals surface area contributed by atoms with Gasteiger partial charge in [-0.25, -0.2) is 9.67 Å². The van der Waals surface area contributed by atoms with E-state index in [2.05, 4.69) is 5.10 Å². The molecule has 1 saturated heterocycles. The van der Waals surface area contributed by atoms with E-state index in [0.29, 0.717) is 18.4 Å². The van der Waals surface area contributed by atoms with Crippen LogP contribution >= 0.6 is 0 Å². The molecule has 0 aromatic carbocycles. The molecule has 0 unspecified atom stereocenters. The van der Waals surface area contributed by atoms with E-state index in [9.17, 15) is 0 Å². The molecule has 1 aromatic heterocycles. The maximum absolute atomic E-state index is 9.14. The number of rotatable bonds is 4. The second-order valence-corrected chi connectivity index (χ2v) is 5.32. The van der Waals surface area contributed by atoms with Crippen molar-refractivity contribution < 1.29 is 9.84 Å². The Hall–Kier alpha value is -0.940. The molecule has 0 bridgehead atoms. The van der Waals surface area contributed by atoms with Gasteiger partial charge in [0.25, 0.3) is 0 Å². The average Bonchev–Trinajstić information content (AvgIpc) is 3.11. The van der Waals surface area contributed by atoms with E-state index in [1.807, 2.05) is 4.68 Å². The van der Waals surface area contributed by atoms with Crippen LogP contribution in [0.4, 0.5) is 0 Å². The molecular formula is C13H21N3O2. The predicted octanol–water partition coefficient (Wildman–Crippen LogP) is 1.43. The second kappa shape index (κ2) is 5.36. The molecule has 1 aliphatic heterocycles. The quantitative estimate of drug-likeness (QED) is 0.879. The van der Waals surface area contributed by atoms with Gasteiger partial charge >= 0.3 is 0 Å². The van der Waals surface area contributed by atoms with Gasteiger partial charge in [-0.3, -0.25) is 0 Å². The number of ether oxygens (including phenoxy) is 1. The number of aliphatic hydroxyl groups excluding tert-OH is 1. The van der Waals surface area contributed by atoms with Crippen LogP contribution in [0.3, 0.4) is 0 Å². The maximum Gasteiger partial charge on any atom is 0.154 e. The minimum Gasteiger partial charge on any atom is -0.394 e. The van der Waals surface area contributed by atoms with Crippen LogP contribution in [0.25, 0.3) is 0 Å². The molecule has 2 heterocycles. The molecule has 5 heteroatoms. The molecule has 1 atom stereocenters. The van der Waals surface area contributed by atoms with Gasteiger partial charge in [-0.1, -0.05) is 12.8 Å². The Morgan fingerprint density at radius 1 is 1.22 bits per heavy atom. The van der Waals surface area contributed by atoms with Gasteiger partial charge in [0.15, 0.2) is 5.82 Å². The highest BCUT2D eigenvalue weighted by Crippen LogP contribution is 2.33. The molecule has 0 amide bonds. The van der Waals surface area contributed by atoms with Gasteiger partial charge in [0.05, 0.1) is 19.8 Å². The largest absolute Gasteiger partial charge is 0.394 e. The molecular weight excluding hydrogens is 230 g/mol. The lowest BCUT2D eigenvalue weighted by Gasteiger charge is -2.07. The van der Waals surface area contributed by atoms with E-state index < -0.39 is 0 Å². The van der Waals surface area contributed by atoms with E-state index >= 15 is 0 Å². The molecule has 5 nitrogen and oxygen atoms in total. The van der Waals surface area contributed by atoms with Crippen LogP contribution in [-0.4, -0.2) is 39.7 Å². The molecule has 1 saturated carbocycles. The summed E-state index contributed by atoms with van der Waals surface area (Å²) >= 11 is 0. The van der Waals surface area contributed by atoms with E-state index in [4.69, 9.17) is 14.8 Å². The minimum absolute atomic E-state index is 0.119. The monoisotopic (exact) mass is 251 g/mol. The fraction of sp³-hybridized carbons (Fsp3) is 0.846. The fourth-order valence-corrected chi connectivity index (χ4v) is 3.03. The van der Waals surface area contributed by atoms with Crippen LogP contribution in [0.2, 0.25) is 0 Å². The third kappa shape index (κ3) is 2.29. The molecule has 0 spiro atoms. The van der Waals surface area contributed by atoms with Crippen molar-refractivity contribution >= 4 is 0 Å². The highest BCUT2D eigenvalue weighted by molar-refractivity contribution is 5.06. The van der Waals surface area contributed by atoms with Crippen molar-refractivity contribution in [1.29, 1.82) is 0 Å². The average molecular weight is 251 g/mol. The number of hydrogen-bond acceptors (Lipinski definition) is 4. The lowest BCUT2D eigenvalue weighted by atomic mass is 10.1. The molecule has 1 aliphatic carbocycles. The Kier molecular flexibility index (Phi) is 3.61. The third-order valence-electron chi connectivity index (χ3n) is 4.04. The smallest absolute Gasteiger partial charge is 0.154 e. The van der Waals surface area contributed by atoms with E-state index in [-0.39, 0.29) is 6.61 Å². The summed E-state index contributed by atoms with van der Waals surface area (Å²) in [6, 6.07) is 0. The fourth-order valence-electron chi connectivity index (χ4n) is 3.03. The molecule has 1 N–H and O–H groups in total. The third-order valence-corrected chi connectivity index (χ3v) is 4.04. The molecule has 2 fully saturated rings. The van der Waals surface area contributed by atoms with Crippen LogP contribution in [0.1, 0.15) is 55.6 Å². The van der Waals surface area contributed by atoms with Crippen LogP contribution in [0, 0.1) is 0 Å². The number of aliphatic hydroxyl groups is 1. The van der Waals surface area contributed by atoms with Crippen LogP contribution < -0.4 is 0 Å². The predicted molar refractivity (Wildman–Crippen MR) is 66.5 cm³/mol. The van der Waals surface area contributed by atoms with Crippen molar-refractivity contribution in [3.63, 3.8) is 0 Å². The number of nitrogens with zero attached hydrogens (tertiary/aromatic N) is 3. The SMILES string of the molecule is OCCn1nc(C2CCCC2)nc1[C@@H]1CCOC1. The Morgan fingerprint density at radius 3 is 2.72 bits per heavy atom. The van der Waals surface area contributed by atoms with Crippen molar-refractivity contribution in [3.8, 4) is 0 Å². The van der Waals surface area contributed by atoms with E-state index in [1.54, 1.807) is 0 Å². The van der Waals surface area contributed by atoms with Gasteiger partial charge < -0.3 is 9.84 Å². The molecule has 1 aromatic rings. The topological polar surface area (TPSA) is 60.2 Å². The van der Waals surface area contributed by atoms with Crippen LogP contribution in [0.5, 0.6) is 0 Å². The van der Waals surface area contributed by atoms with Crippen molar-refractivity contribution in [2.45, 2.75) is 50.5 Å². The number of hydrogen-bond donors (Lipinski definition) is 1. The summed E-state index contributed by atoms with van der Waals surface area (Å²) in [7, 11) is 0. The lowest BCUT2D eigenvalue weighted by molar-refractivity contribution is 0.192. The van der Waals surface area contributed by atoms with Crippen LogP contribution in [0.15, 0.2) is 0 Å². The second-order valence-electron chi connectivity index (χ2n) is 5.32. The Balaban J connectivity index is 1.84. The zero-order valence-electron chi connectivity index (χ0n) is 10.7. The summed E-state index contributed by atoms with van der Waals surface area (Å²) in [4.78, 5) is 4.75. The van der Waals surface area contributed by atoms with Gasteiger partial charge in [-0.2, -0.15) is 5.10 Å². The summed E-state index contributed by atoms with van der Waals surface area (Å²) in [6.07, 6.45) is 6.03. The van der Waals surface area contributed by atoms with Gasteiger partial charge in [-0.05, 0) is 19.3 Å². The van der Waals surface area contributed by atoms with Crippen LogP contribution in [-0.2, 0) is 11.3 Å². The summed E-state index contributed by atoms with van der Waals surface area (Å²) in [5, 5.41) is 13.8. The van der Waals surface area contributed by atoms with Gasteiger partial charge in [0.1, 0.15) is 5.82 Å². The summed E-state index contributed by atoms with van der Waals surface area (Å²) in [6.45, 7) is 2.23. The van der Waals surface area contributed by atoms with Crippen molar-refractivity contribution in [3.05, 3.63) is 11.6 Å². The summed E-state index contributed by atoms with van der Waals surface area (Å²) < 4.78 is 7.33. The van der Waals surface area contributed by atoms with Gasteiger partial charge in [-0.15, -0.1) is 0 Å². The molecule has 2 aliphatic rings. The van der Waals surface area contributed by atoms with Crippen molar-refractivity contribution in [2.75, 3.05) is 19.8 Å². The normalized spacial score (nSPS) is 25.1. The first-order chi connectivity index (χ1) is 8.88.